The van der Waals surface area contributed by atoms with Gasteiger partial charge in [-0.05, 0) is 159 Å². The van der Waals surface area contributed by atoms with Crippen LogP contribution in [0.15, 0.2) is 364 Å². The molecule has 0 radical (unpaired) electrons. The van der Waals surface area contributed by atoms with Crippen LogP contribution in [0.5, 0.6) is 11.5 Å². The molecule has 4 aliphatic heterocycles. The number of benzene rings is 16. The molecule has 4 aliphatic rings. The van der Waals surface area contributed by atoms with E-state index in [4.69, 9.17) is 4.74 Å². The van der Waals surface area contributed by atoms with Crippen LogP contribution in [0.1, 0.15) is 26.3 Å². The summed E-state index contributed by atoms with van der Waals surface area (Å²) in [6, 6.07) is 136. The Balaban J connectivity index is 0.968. The number of hydrogen-bond acceptors (Lipinski definition) is 3. The second-order valence-corrected chi connectivity index (χ2v) is 29.8. The maximum absolute atomic E-state index is 8.35. The minimum atomic E-state index is -0.397. The van der Waals surface area contributed by atoms with Gasteiger partial charge >= 0.3 is 0 Å². The molecule has 0 bridgehead atoms. The fraction of sp³-hybridized carbons (Fsp3) is 0.0400. The molecule has 496 valence electrons. The molecule has 0 aliphatic carbocycles. The van der Waals surface area contributed by atoms with Crippen LogP contribution in [-0.2, 0) is 5.41 Å². The van der Waals surface area contributed by atoms with Crippen molar-refractivity contribution in [3.63, 3.8) is 0 Å². The van der Waals surface area contributed by atoms with Crippen LogP contribution in [0.2, 0.25) is 0 Å². The van der Waals surface area contributed by atoms with Crippen LogP contribution in [0.3, 0.4) is 0 Å². The summed E-state index contributed by atoms with van der Waals surface area (Å²) in [6.45, 7) is 6.47. The third-order valence-corrected chi connectivity index (χ3v) is 22.7. The van der Waals surface area contributed by atoms with Crippen molar-refractivity contribution in [1.29, 1.82) is 0 Å². The largest absolute Gasteiger partial charge is 0.459 e. The Kier molecular flexibility index (Phi) is 14.1. The van der Waals surface area contributed by atoms with Gasteiger partial charge in [0.15, 0.2) is 0 Å². The van der Waals surface area contributed by atoms with Gasteiger partial charge in [0.2, 0.25) is 0 Å². The minimum Gasteiger partial charge on any atom is -0.459 e. The lowest BCUT2D eigenvalue weighted by Gasteiger charge is -2.48. The van der Waals surface area contributed by atoms with E-state index in [1.54, 1.807) is 0 Å². The van der Waals surface area contributed by atoms with Gasteiger partial charge in [0.25, 0.3) is 13.4 Å². The van der Waals surface area contributed by atoms with Crippen LogP contribution in [0, 0.1) is 0 Å². The molecule has 17 aromatic rings. The third-order valence-electron chi connectivity index (χ3n) is 22.7. The Labute approximate surface area is 619 Å². The lowest BCUT2D eigenvalue weighted by atomic mass is 9.30. The average molecular weight is 1350 g/mol. The van der Waals surface area contributed by atoms with E-state index in [0.29, 0.717) is 0 Å². The van der Waals surface area contributed by atoms with Crippen molar-refractivity contribution in [1.82, 2.24) is 4.57 Å². The second kappa shape index (κ2) is 24.2. The Bertz CT molecular complexity index is 6260. The lowest BCUT2D eigenvalue weighted by Crippen LogP contribution is -2.65. The molecule has 0 saturated heterocycles. The summed E-state index contributed by atoms with van der Waals surface area (Å²) >= 11 is 0. The van der Waals surface area contributed by atoms with Gasteiger partial charge in [-0.3, -0.25) is 0 Å². The first-order valence-corrected chi connectivity index (χ1v) is 37.0. The first kappa shape index (κ1) is 61.5. The Hall–Kier alpha value is -13.2. The number of para-hydroxylation sites is 2. The van der Waals surface area contributed by atoms with Crippen molar-refractivity contribution < 1.29 is 4.74 Å². The van der Waals surface area contributed by atoms with Crippen LogP contribution in [0.25, 0.3) is 117 Å². The third kappa shape index (κ3) is 9.64. The van der Waals surface area contributed by atoms with E-state index < -0.39 is 6.71 Å². The highest BCUT2D eigenvalue weighted by molar-refractivity contribution is 7.03. The van der Waals surface area contributed by atoms with Gasteiger partial charge in [-0.25, -0.2) is 0 Å². The molecule has 0 N–H and O–H groups in total. The molecule has 16 aromatic carbocycles. The van der Waals surface area contributed by atoms with Crippen LogP contribution in [0.4, 0.5) is 34.1 Å². The summed E-state index contributed by atoms with van der Waals surface area (Å²) in [4.78, 5) is 5.38. The van der Waals surface area contributed by atoms with E-state index in [1.807, 2.05) is 0 Å². The molecule has 0 unspecified atom stereocenters. The lowest BCUT2D eigenvalue weighted by molar-refractivity contribution is 0.491. The van der Waals surface area contributed by atoms with E-state index in [-0.39, 0.29) is 12.1 Å². The van der Waals surface area contributed by atoms with Gasteiger partial charge in [0.05, 0.1) is 16.9 Å². The average Bonchev–Trinajstić information content (AvgIpc) is 0.923. The summed E-state index contributed by atoms with van der Waals surface area (Å²) in [5, 5.41) is 2.41. The monoisotopic (exact) mass is 1350 g/mol. The molecule has 0 saturated carbocycles. The summed E-state index contributed by atoms with van der Waals surface area (Å²) < 4.78 is 11.0. The zero-order valence-electron chi connectivity index (χ0n) is 59.0. The predicted molar refractivity (Wildman–Crippen MR) is 448 cm³/mol. The molecule has 1 aromatic heterocycles. The van der Waals surface area contributed by atoms with Gasteiger partial charge < -0.3 is 19.1 Å². The second-order valence-electron chi connectivity index (χ2n) is 29.8. The number of rotatable bonds is 10. The molecule has 4 nitrogen and oxygen atoms in total. The van der Waals surface area contributed by atoms with E-state index in [9.17, 15) is 0 Å². The van der Waals surface area contributed by atoms with Gasteiger partial charge in [0, 0.05) is 67.0 Å². The normalized spacial score (nSPS) is 12.9. The molecule has 0 amide bonds. The number of anilines is 6. The molecule has 0 atom stereocenters. The van der Waals surface area contributed by atoms with Crippen LogP contribution in [-0.4, -0.2) is 18.0 Å². The molecule has 5 heterocycles. The molecular formula is C100H69B2N3O. The van der Waals surface area contributed by atoms with Gasteiger partial charge in [-0.2, -0.15) is 0 Å². The van der Waals surface area contributed by atoms with Gasteiger partial charge in [-0.15, -0.1) is 0 Å². The molecule has 6 heteroatoms. The van der Waals surface area contributed by atoms with Crippen molar-refractivity contribution in [3.05, 3.63) is 370 Å². The standard InChI is InChI=1S/C100H69B2N3O/c1-100(2,3)76-61-88-93-89(62-76)105(97-79(70-42-24-10-25-43-70)48-29-49-80(97)71-44-26-11-27-45-71)91-63-90-94-99(95(91)102(93)83-58-73(65-32-14-5-15-33-65)51-54-87(83)104(88)96-77(68-38-20-8-21-39-68)46-28-47-78(96)69-40-22-9-23-41-69)106-92-55-52-74(66-34-16-6-17-35-66)59-84(92)101(94)85-60-75(67-36-18-7-19-37-67)57-82-81-56-72(64-30-12-4-13-31-64)50-53-86(81)103(90)98(82)85/h4-63H,1-3H3. The molecule has 0 fully saturated rings. The van der Waals surface area contributed by atoms with Crippen LogP contribution >= 0.6 is 0 Å². The highest BCUT2D eigenvalue weighted by Crippen LogP contribution is 2.56. The minimum absolute atomic E-state index is 0.283. The number of aromatic nitrogens is 1. The van der Waals surface area contributed by atoms with Crippen molar-refractivity contribution in [3.8, 4) is 106 Å². The fourth-order valence-electron chi connectivity index (χ4n) is 17.9. The van der Waals surface area contributed by atoms with Gasteiger partial charge in [-0.1, -0.05) is 336 Å². The fourth-order valence-corrected chi connectivity index (χ4v) is 17.9. The van der Waals surface area contributed by atoms with E-state index >= 15 is 0 Å². The van der Waals surface area contributed by atoms with Crippen molar-refractivity contribution in [2.75, 3.05) is 9.80 Å². The zero-order valence-corrected chi connectivity index (χ0v) is 59.0. The Morgan fingerprint density at radius 2 is 0.642 bits per heavy atom. The smallest absolute Gasteiger partial charge is 0.257 e. The quantitative estimate of drug-likeness (QED) is 0.127. The highest BCUT2D eigenvalue weighted by Gasteiger charge is 2.52. The first-order valence-electron chi connectivity index (χ1n) is 37.0. The molecule has 0 spiro atoms. The Morgan fingerprint density at radius 3 is 1.11 bits per heavy atom. The predicted octanol–water partition coefficient (Wildman–Crippen LogP) is 22.4. The maximum atomic E-state index is 8.35. The molecule has 21 rings (SSSR count). The first-order chi connectivity index (χ1) is 52.3. The maximum Gasteiger partial charge on any atom is 0.257 e. The van der Waals surface area contributed by atoms with Crippen molar-refractivity contribution in [2.24, 2.45) is 0 Å². The van der Waals surface area contributed by atoms with Gasteiger partial charge in [0.1, 0.15) is 11.5 Å². The van der Waals surface area contributed by atoms with E-state index in [1.165, 1.54) is 60.5 Å². The number of ether oxygens (including phenoxy) is 1. The van der Waals surface area contributed by atoms with Crippen LogP contribution < -0.4 is 47.3 Å². The number of fused-ring (bicyclic) bond motifs is 12. The summed E-state index contributed by atoms with van der Waals surface area (Å²) in [6.07, 6.45) is 0. The zero-order chi connectivity index (χ0) is 70.3. The van der Waals surface area contributed by atoms with E-state index in [0.717, 1.165) is 140 Å². The van der Waals surface area contributed by atoms with Crippen molar-refractivity contribution >= 4 is 102 Å². The topological polar surface area (TPSA) is 20.6 Å². The number of nitrogens with zero attached hydrogens (tertiary/aromatic N) is 3. The number of hydrogen-bond donors (Lipinski definition) is 0. The Morgan fingerprint density at radius 1 is 0.264 bits per heavy atom. The SMILES string of the molecule is CC(C)(C)c1cc2c3c(c1)N(c1c(-c4ccccc4)cccc1-c1ccccc1)c1cc4c5c(c1B3c1cc(-c3ccccc3)ccc1N2c1c(-c2ccccc2)cccc1-c1ccccc1)Oc1ccc(-c2ccccc2)cc1B5c1cc(-c2ccccc2)cc2c3cc(-c5ccccc5)ccc3n-4c12. The molecular weight excluding hydrogens is 1280 g/mol. The van der Waals surface area contributed by atoms with Crippen molar-refractivity contribution in [2.45, 2.75) is 26.2 Å². The highest BCUT2D eigenvalue weighted by atomic mass is 16.5. The summed E-state index contributed by atoms with van der Waals surface area (Å²) in [5.41, 5.74) is 36.3. The summed E-state index contributed by atoms with van der Waals surface area (Å²) in [5.74, 6) is 1.73. The summed E-state index contributed by atoms with van der Waals surface area (Å²) in [7, 11) is 0. The molecule has 106 heavy (non-hydrogen) atoms. The van der Waals surface area contributed by atoms with E-state index in [2.05, 4.69) is 399 Å².